The topological polar surface area (TPSA) is 60.8 Å². The van der Waals surface area contributed by atoms with Crippen LogP contribution in [0, 0.1) is 0 Å². The van der Waals surface area contributed by atoms with Crippen molar-refractivity contribution < 1.29 is 0 Å². The van der Waals surface area contributed by atoms with E-state index in [4.69, 9.17) is 23.2 Å². The third-order valence-electron chi connectivity index (χ3n) is 0.623. The summed E-state index contributed by atoms with van der Waals surface area (Å²) < 4.78 is 0. The average Bonchev–Trinajstić information content (AvgIpc) is 1.77. The first kappa shape index (κ1) is 8.62. The van der Waals surface area contributed by atoms with Crippen LogP contribution in [0.15, 0.2) is 12.5 Å². The molecule has 50 valence electrons. The molecule has 5 heteroatoms. The van der Waals surface area contributed by atoms with Gasteiger partial charge in [0.1, 0.15) is 6.33 Å². The first-order valence-electron chi connectivity index (χ1n) is 1.91. The molecule has 0 atom stereocenters. The van der Waals surface area contributed by atoms with Gasteiger partial charge in [-0.25, -0.2) is 9.97 Å². The van der Waals surface area contributed by atoms with Crippen LogP contribution in [0.3, 0.4) is 0 Å². The van der Waals surface area contributed by atoms with Gasteiger partial charge >= 0.3 is 0 Å². The molecule has 0 spiro atoms. The molecule has 0 aliphatic rings. The summed E-state index contributed by atoms with van der Waals surface area (Å²) in [5, 5.41) is 0.677. The molecule has 3 nitrogen and oxygen atoms in total. The van der Waals surface area contributed by atoms with Crippen LogP contribution in [-0.2, 0) is 0 Å². The van der Waals surface area contributed by atoms with E-state index in [1.807, 2.05) is 0 Å². The van der Waals surface area contributed by atoms with Crippen molar-refractivity contribution in [1.29, 1.82) is 0 Å². The Balaban J connectivity index is 0.000000640. The third-order valence-corrected chi connectivity index (χ3v) is 1.30. The molecule has 1 aromatic heterocycles. The lowest BCUT2D eigenvalue weighted by molar-refractivity contribution is 1.17. The van der Waals surface area contributed by atoms with Crippen molar-refractivity contribution in [3.05, 3.63) is 22.7 Å². The lowest BCUT2D eigenvalue weighted by Crippen LogP contribution is -1.76. The van der Waals surface area contributed by atoms with Gasteiger partial charge in [0, 0.05) is 0 Å². The molecule has 1 rings (SSSR count). The third kappa shape index (κ3) is 2.13. The van der Waals surface area contributed by atoms with Gasteiger partial charge in [-0.05, 0) is 0 Å². The molecule has 0 bridgehead atoms. The number of aromatic nitrogens is 2. The van der Waals surface area contributed by atoms with E-state index >= 15 is 0 Å². The van der Waals surface area contributed by atoms with Gasteiger partial charge < -0.3 is 6.15 Å². The molecule has 0 unspecified atom stereocenters. The largest absolute Gasteiger partial charge is 0.344 e. The monoisotopic (exact) mass is 165 g/mol. The van der Waals surface area contributed by atoms with E-state index in [9.17, 15) is 0 Å². The minimum Gasteiger partial charge on any atom is -0.344 e. The van der Waals surface area contributed by atoms with Crippen LogP contribution in [0.2, 0.25) is 10.2 Å². The van der Waals surface area contributed by atoms with Crippen LogP contribution in [0.4, 0.5) is 0 Å². The minimum atomic E-state index is 0. The van der Waals surface area contributed by atoms with Crippen molar-refractivity contribution in [3.8, 4) is 0 Å². The maximum absolute atomic E-state index is 5.45. The lowest BCUT2D eigenvalue weighted by atomic mass is 10.7. The summed E-state index contributed by atoms with van der Waals surface area (Å²) in [7, 11) is 0. The van der Waals surface area contributed by atoms with E-state index in [0.717, 1.165) is 0 Å². The zero-order chi connectivity index (χ0) is 5.98. The highest BCUT2D eigenvalue weighted by molar-refractivity contribution is 6.40. The van der Waals surface area contributed by atoms with Crippen molar-refractivity contribution in [3.63, 3.8) is 0 Å². The fraction of sp³-hybridized carbons (Fsp3) is 0. The highest BCUT2D eigenvalue weighted by Crippen LogP contribution is 2.14. The van der Waals surface area contributed by atoms with Crippen LogP contribution in [0.1, 0.15) is 0 Å². The van der Waals surface area contributed by atoms with E-state index in [-0.39, 0.29) is 6.15 Å². The van der Waals surface area contributed by atoms with Gasteiger partial charge in [-0.1, -0.05) is 23.2 Å². The summed E-state index contributed by atoms with van der Waals surface area (Å²) in [5.74, 6) is 0. The van der Waals surface area contributed by atoms with E-state index in [1.54, 1.807) is 0 Å². The van der Waals surface area contributed by atoms with Crippen LogP contribution in [0.25, 0.3) is 0 Å². The zero-order valence-corrected chi connectivity index (χ0v) is 6.02. The van der Waals surface area contributed by atoms with Gasteiger partial charge in [-0.15, -0.1) is 0 Å². The molecule has 0 fully saturated rings. The Morgan fingerprint density at radius 1 is 1.33 bits per heavy atom. The summed E-state index contributed by atoms with van der Waals surface area (Å²) in [6.45, 7) is 0. The first-order valence-corrected chi connectivity index (χ1v) is 2.67. The maximum atomic E-state index is 5.45. The Labute approximate surface area is 62.6 Å². The van der Waals surface area contributed by atoms with Crippen molar-refractivity contribution in [2.45, 2.75) is 0 Å². The molecule has 0 aliphatic carbocycles. The summed E-state index contributed by atoms with van der Waals surface area (Å²) in [4.78, 5) is 7.22. The molecule has 9 heavy (non-hydrogen) atoms. The molecule has 0 radical (unpaired) electrons. The predicted octanol–water partition coefficient (Wildman–Crippen LogP) is 1.95. The van der Waals surface area contributed by atoms with Gasteiger partial charge in [0.25, 0.3) is 0 Å². The van der Waals surface area contributed by atoms with Crippen molar-refractivity contribution in [1.82, 2.24) is 16.1 Å². The highest BCUT2D eigenvalue weighted by atomic mass is 35.5. The number of nitrogens with zero attached hydrogens (tertiary/aromatic N) is 2. The van der Waals surface area contributed by atoms with Crippen LogP contribution in [0.5, 0.6) is 0 Å². The second-order valence-corrected chi connectivity index (χ2v) is 1.93. The van der Waals surface area contributed by atoms with E-state index < -0.39 is 0 Å². The quantitative estimate of drug-likeness (QED) is 0.599. The summed E-state index contributed by atoms with van der Waals surface area (Å²) in [6.07, 6.45) is 2.78. The van der Waals surface area contributed by atoms with Gasteiger partial charge in [0.05, 0.1) is 11.2 Å². The van der Waals surface area contributed by atoms with Gasteiger partial charge in [0.2, 0.25) is 0 Å². The smallest absolute Gasteiger partial charge is 0.151 e. The second-order valence-electron chi connectivity index (χ2n) is 1.16. The van der Waals surface area contributed by atoms with Crippen molar-refractivity contribution in [2.24, 2.45) is 0 Å². The van der Waals surface area contributed by atoms with E-state index in [2.05, 4.69) is 9.97 Å². The lowest BCUT2D eigenvalue weighted by Gasteiger charge is -1.86. The first-order chi connectivity index (χ1) is 3.80. The summed E-state index contributed by atoms with van der Waals surface area (Å²) in [5.41, 5.74) is 0. The standard InChI is InChI=1S/C4H2Cl2N2.H3N/c5-3-1-7-2-8-4(3)6;/h1-2H;1H3. The molecule has 0 aromatic carbocycles. The van der Waals surface area contributed by atoms with Gasteiger partial charge in [-0.3, -0.25) is 0 Å². The zero-order valence-electron chi connectivity index (χ0n) is 4.51. The molecule has 0 aliphatic heterocycles. The predicted molar refractivity (Wildman–Crippen MR) is 37.1 cm³/mol. The normalized spacial score (nSPS) is 8.22. The average molecular weight is 166 g/mol. The molecular formula is C4H5Cl2N3. The molecular weight excluding hydrogens is 161 g/mol. The van der Waals surface area contributed by atoms with Crippen molar-refractivity contribution >= 4 is 23.2 Å². The SMILES string of the molecule is Clc1cncnc1Cl.N. The molecule has 1 heterocycles. The Kier molecular flexibility index (Phi) is 3.46. The fourth-order valence-electron chi connectivity index (χ4n) is 0.298. The molecule has 0 saturated carbocycles. The summed E-state index contributed by atoms with van der Waals surface area (Å²) in [6, 6.07) is 0. The molecule has 1 aromatic rings. The molecule has 0 amide bonds. The van der Waals surface area contributed by atoms with Crippen LogP contribution in [-0.4, -0.2) is 9.97 Å². The Morgan fingerprint density at radius 3 is 2.33 bits per heavy atom. The number of hydrogen-bond acceptors (Lipinski definition) is 3. The number of hydrogen-bond donors (Lipinski definition) is 1. The minimum absolute atomic E-state index is 0. The maximum Gasteiger partial charge on any atom is 0.151 e. The van der Waals surface area contributed by atoms with Crippen LogP contribution < -0.4 is 6.15 Å². The van der Waals surface area contributed by atoms with E-state index in [0.29, 0.717) is 10.2 Å². The van der Waals surface area contributed by atoms with Crippen LogP contribution >= 0.6 is 23.2 Å². The van der Waals surface area contributed by atoms with E-state index in [1.165, 1.54) is 12.5 Å². The number of halogens is 2. The Morgan fingerprint density at radius 2 is 2.00 bits per heavy atom. The summed E-state index contributed by atoms with van der Waals surface area (Å²) >= 11 is 10.9. The van der Waals surface area contributed by atoms with Gasteiger partial charge in [-0.2, -0.15) is 0 Å². The number of rotatable bonds is 0. The Bertz CT molecular complexity index is 170. The van der Waals surface area contributed by atoms with Gasteiger partial charge in [0.15, 0.2) is 5.15 Å². The highest BCUT2D eigenvalue weighted by Gasteiger charge is 1.92. The molecule has 3 N–H and O–H groups in total. The molecule has 0 saturated heterocycles. The second kappa shape index (κ2) is 3.61. The van der Waals surface area contributed by atoms with Crippen molar-refractivity contribution in [2.75, 3.05) is 0 Å². The Hall–Kier alpha value is -0.380. The fourth-order valence-corrected chi connectivity index (χ4v) is 0.495.